The monoisotopic (exact) mass is 168 g/mol. The first-order chi connectivity index (χ1) is 5.25. The van der Waals surface area contributed by atoms with Crippen molar-refractivity contribution < 1.29 is 5.11 Å². The van der Waals surface area contributed by atoms with E-state index in [1.807, 2.05) is 31.2 Å². The van der Waals surface area contributed by atoms with Gasteiger partial charge < -0.3 is 5.11 Å². The SMILES string of the molecule is Cc1ccccc1C(O)CS. The first-order valence-electron chi connectivity index (χ1n) is 3.60. The molecule has 60 valence electrons. The van der Waals surface area contributed by atoms with Crippen molar-refractivity contribution in [2.24, 2.45) is 0 Å². The van der Waals surface area contributed by atoms with Gasteiger partial charge in [0.25, 0.3) is 0 Å². The van der Waals surface area contributed by atoms with Crippen LogP contribution in [0.5, 0.6) is 0 Å². The Morgan fingerprint density at radius 2 is 2.09 bits per heavy atom. The van der Waals surface area contributed by atoms with Gasteiger partial charge in [0.1, 0.15) is 0 Å². The van der Waals surface area contributed by atoms with Gasteiger partial charge in [-0.3, -0.25) is 0 Å². The minimum Gasteiger partial charge on any atom is -0.388 e. The molecule has 0 aliphatic carbocycles. The smallest absolute Gasteiger partial charge is 0.0880 e. The second-order valence-corrected chi connectivity index (χ2v) is 2.92. The quantitative estimate of drug-likeness (QED) is 0.647. The Morgan fingerprint density at radius 1 is 1.45 bits per heavy atom. The van der Waals surface area contributed by atoms with E-state index in [0.29, 0.717) is 5.75 Å². The van der Waals surface area contributed by atoms with Crippen LogP contribution in [0.2, 0.25) is 0 Å². The molecule has 0 spiro atoms. The summed E-state index contributed by atoms with van der Waals surface area (Å²) in [6.45, 7) is 1.99. The summed E-state index contributed by atoms with van der Waals surface area (Å²) in [5, 5.41) is 9.43. The third-order valence-electron chi connectivity index (χ3n) is 1.72. The number of aliphatic hydroxyl groups is 1. The Balaban J connectivity index is 2.93. The van der Waals surface area contributed by atoms with Crippen molar-refractivity contribution in [3.63, 3.8) is 0 Å². The minimum absolute atomic E-state index is 0.431. The molecule has 0 heterocycles. The van der Waals surface area contributed by atoms with Crippen LogP contribution in [0.4, 0.5) is 0 Å². The van der Waals surface area contributed by atoms with Crippen molar-refractivity contribution in [2.45, 2.75) is 13.0 Å². The van der Waals surface area contributed by atoms with Crippen LogP contribution in [0.25, 0.3) is 0 Å². The van der Waals surface area contributed by atoms with Crippen molar-refractivity contribution in [3.05, 3.63) is 35.4 Å². The highest BCUT2D eigenvalue weighted by Gasteiger charge is 2.05. The molecule has 0 aliphatic rings. The summed E-state index contributed by atoms with van der Waals surface area (Å²) >= 11 is 4.02. The molecule has 0 aromatic heterocycles. The van der Waals surface area contributed by atoms with E-state index in [-0.39, 0.29) is 0 Å². The predicted molar refractivity (Wildman–Crippen MR) is 50.0 cm³/mol. The average Bonchev–Trinajstić information content (AvgIpc) is 2.04. The first-order valence-corrected chi connectivity index (χ1v) is 4.23. The van der Waals surface area contributed by atoms with E-state index in [4.69, 9.17) is 0 Å². The Bertz CT molecular complexity index is 235. The number of benzene rings is 1. The number of thiol groups is 1. The lowest BCUT2D eigenvalue weighted by Crippen LogP contribution is -2.00. The molecule has 0 radical (unpaired) electrons. The molecule has 0 saturated carbocycles. The Morgan fingerprint density at radius 3 is 2.64 bits per heavy atom. The van der Waals surface area contributed by atoms with E-state index in [9.17, 15) is 5.11 Å². The molecule has 1 rings (SSSR count). The lowest BCUT2D eigenvalue weighted by molar-refractivity contribution is 0.204. The molecule has 2 heteroatoms. The normalized spacial score (nSPS) is 13.0. The fourth-order valence-corrected chi connectivity index (χ4v) is 1.26. The second-order valence-electron chi connectivity index (χ2n) is 2.55. The van der Waals surface area contributed by atoms with Crippen molar-refractivity contribution in [3.8, 4) is 0 Å². The molecule has 0 aliphatic heterocycles. The van der Waals surface area contributed by atoms with Crippen LogP contribution in [0, 0.1) is 6.92 Å². The van der Waals surface area contributed by atoms with Gasteiger partial charge in [0.05, 0.1) is 6.10 Å². The zero-order chi connectivity index (χ0) is 8.27. The number of rotatable bonds is 2. The van der Waals surface area contributed by atoms with E-state index < -0.39 is 6.10 Å². The van der Waals surface area contributed by atoms with E-state index in [2.05, 4.69) is 12.6 Å². The summed E-state index contributed by atoms with van der Waals surface area (Å²) < 4.78 is 0. The Hall–Kier alpha value is -0.470. The lowest BCUT2D eigenvalue weighted by atomic mass is 10.1. The molecule has 11 heavy (non-hydrogen) atoms. The van der Waals surface area contributed by atoms with Gasteiger partial charge in [-0.2, -0.15) is 12.6 Å². The van der Waals surface area contributed by atoms with E-state index in [1.165, 1.54) is 0 Å². The standard InChI is InChI=1S/C9H12OS/c1-7-4-2-3-5-8(7)9(10)6-11/h2-5,9-11H,6H2,1H3. The molecule has 1 nitrogen and oxygen atoms in total. The van der Waals surface area contributed by atoms with E-state index >= 15 is 0 Å². The minimum atomic E-state index is -0.431. The molecule has 1 unspecified atom stereocenters. The molecule has 0 fully saturated rings. The maximum Gasteiger partial charge on any atom is 0.0880 e. The zero-order valence-corrected chi connectivity index (χ0v) is 7.38. The van der Waals surface area contributed by atoms with E-state index in [0.717, 1.165) is 11.1 Å². The predicted octanol–water partition coefficient (Wildman–Crippen LogP) is 1.96. The number of hydrogen-bond acceptors (Lipinski definition) is 2. The molecule has 0 saturated heterocycles. The maximum atomic E-state index is 9.43. The Kier molecular flexibility index (Phi) is 2.97. The van der Waals surface area contributed by atoms with Gasteiger partial charge in [-0.25, -0.2) is 0 Å². The highest BCUT2D eigenvalue weighted by Crippen LogP contribution is 2.17. The number of hydrogen-bond donors (Lipinski definition) is 2. The fraction of sp³-hybridized carbons (Fsp3) is 0.333. The molecular formula is C9H12OS. The van der Waals surface area contributed by atoms with Crippen LogP contribution in [0.1, 0.15) is 17.2 Å². The first kappa shape index (κ1) is 8.62. The molecule has 1 aromatic carbocycles. The van der Waals surface area contributed by atoms with Crippen molar-refractivity contribution in [1.82, 2.24) is 0 Å². The van der Waals surface area contributed by atoms with Crippen molar-refractivity contribution >= 4 is 12.6 Å². The van der Waals surface area contributed by atoms with Gasteiger partial charge in [-0.15, -0.1) is 0 Å². The van der Waals surface area contributed by atoms with Crippen LogP contribution in [-0.2, 0) is 0 Å². The summed E-state index contributed by atoms with van der Waals surface area (Å²) in [6, 6.07) is 7.80. The van der Waals surface area contributed by atoms with Crippen molar-refractivity contribution in [1.29, 1.82) is 0 Å². The van der Waals surface area contributed by atoms with Gasteiger partial charge in [-0.1, -0.05) is 24.3 Å². The van der Waals surface area contributed by atoms with Crippen LogP contribution < -0.4 is 0 Å². The van der Waals surface area contributed by atoms with Gasteiger partial charge in [0, 0.05) is 5.75 Å². The third kappa shape index (κ3) is 1.98. The molecular weight excluding hydrogens is 156 g/mol. The topological polar surface area (TPSA) is 20.2 Å². The Labute approximate surface area is 72.5 Å². The fourth-order valence-electron chi connectivity index (χ4n) is 1.06. The summed E-state index contributed by atoms with van der Waals surface area (Å²) in [5.41, 5.74) is 2.09. The molecule has 0 amide bonds. The number of aryl methyl sites for hydroxylation is 1. The van der Waals surface area contributed by atoms with Gasteiger partial charge in [-0.05, 0) is 18.1 Å². The summed E-state index contributed by atoms with van der Waals surface area (Å²) in [6.07, 6.45) is -0.431. The maximum absolute atomic E-state index is 9.43. The second kappa shape index (κ2) is 3.79. The summed E-state index contributed by atoms with van der Waals surface area (Å²) in [5.74, 6) is 0.477. The third-order valence-corrected chi connectivity index (χ3v) is 2.07. The van der Waals surface area contributed by atoms with Gasteiger partial charge in [0.15, 0.2) is 0 Å². The van der Waals surface area contributed by atoms with Crippen LogP contribution in [0.15, 0.2) is 24.3 Å². The molecule has 1 aromatic rings. The van der Waals surface area contributed by atoms with Gasteiger partial charge >= 0.3 is 0 Å². The number of aliphatic hydroxyl groups excluding tert-OH is 1. The van der Waals surface area contributed by atoms with Gasteiger partial charge in [0.2, 0.25) is 0 Å². The zero-order valence-electron chi connectivity index (χ0n) is 6.49. The van der Waals surface area contributed by atoms with Crippen LogP contribution in [0.3, 0.4) is 0 Å². The highest BCUT2D eigenvalue weighted by molar-refractivity contribution is 7.80. The van der Waals surface area contributed by atoms with Crippen LogP contribution in [-0.4, -0.2) is 10.9 Å². The summed E-state index contributed by atoms with van der Waals surface area (Å²) in [7, 11) is 0. The van der Waals surface area contributed by atoms with E-state index in [1.54, 1.807) is 0 Å². The summed E-state index contributed by atoms with van der Waals surface area (Å²) in [4.78, 5) is 0. The molecule has 1 atom stereocenters. The highest BCUT2D eigenvalue weighted by atomic mass is 32.1. The molecule has 0 bridgehead atoms. The molecule has 1 N–H and O–H groups in total. The largest absolute Gasteiger partial charge is 0.388 e. The lowest BCUT2D eigenvalue weighted by Gasteiger charge is -2.09. The average molecular weight is 168 g/mol. The van der Waals surface area contributed by atoms with Crippen molar-refractivity contribution in [2.75, 3.05) is 5.75 Å². The van der Waals surface area contributed by atoms with Crippen LogP contribution >= 0.6 is 12.6 Å².